The van der Waals surface area contributed by atoms with Crippen molar-refractivity contribution in [3.05, 3.63) is 35.4 Å². The van der Waals surface area contributed by atoms with Gasteiger partial charge < -0.3 is 14.4 Å². The second-order valence-electron chi connectivity index (χ2n) is 6.37. The molecule has 0 saturated heterocycles. The second kappa shape index (κ2) is 6.56. The molecular weight excluding hydrogens is 304 g/mol. The van der Waals surface area contributed by atoms with E-state index in [9.17, 15) is 13.6 Å². The minimum absolute atomic E-state index is 0.152. The number of carbonyl (C=O) groups is 1. The molecule has 23 heavy (non-hydrogen) atoms. The molecule has 0 fully saturated rings. The van der Waals surface area contributed by atoms with Gasteiger partial charge in [-0.3, -0.25) is 0 Å². The molecule has 2 rings (SSSR count). The van der Waals surface area contributed by atoms with E-state index in [0.717, 1.165) is 12.1 Å². The largest absolute Gasteiger partial charge is 0.496 e. The molecule has 6 heteroatoms. The van der Waals surface area contributed by atoms with Gasteiger partial charge in [0.15, 0.2) is 0 Å². The molecule has 1 aliphatic rings. The number of rotatable bonds is 2. The third kappa shape index (κ3) is 4.21. The van der Waals surface area contributed by atoms with Crippen LogP contribution in [0.15, 0.2) is 18.2 Å². The average molecular weight is 325 g/mol. The molecule has 0 spiro atoms. The minimum Gasteiger partial charge on any atom is -0.496 e. The van der Waals surface area contributed by atoms with Crippen molar-refractivity contribution >= 4 is 11.7 Å². The fraction of sp³-hybridized carbons (Fsp3) is 0.471. The minimum atomic E-state index is -0.685. The summed E-state index contributed by atoms with van der Waals surface area (Å²) in [4.78, 5) is 13.6. The fourth-order valence-corrected chi connectivity index (χ4v) is 2.41. The van der Waals surface area contributed by atoms with Crippen LogP contribution in [0, 0.1) is 11.6 Å². The predicted octanol–water partition coefficient (Wildman–Crippen LogP) is 4.00. The summed E-state index contributed by atoms with van der Waals surface area (Å²) in [5.41, 5.74) is 0.379. The van der Waals surface area contributed by atoms with Gasteiger partial charge in [-0.25, -0.2) is 13.6 Å². The zero-order chi connectivity index (χ0) is 17.2. The molecule has 0 bridgehead atoms. The quantitative estimate of drug-likeness (QED) is 0.825. The Morgan fingerprint density at radius 1 is 1.26 bits per heavy atom. The Balaban J connectivity index is 2.18. The van der Waals surface area contributed by atoms with Crippen LogP contribution in [0.1, 0.15) is 32.8 Å². The Bertz CT molecular complexity index is 635. The SMILES string of the molecule is COc1cc(F)cc(F)c1C1=CCN(C(=O)OC(C)(C)C)CC1. The molecule has 0 saturated carbocycles. The van der Waals surface area contributed by atoms with Crippen LogP contribution in [-0.2, 0) is 4.74 Å². The smallest absolute Gasteiger partial charge is 0.410 e. The highest BCUT2D eigenvalue weighted by Crippen LogP contribution is 2.33. The van der Waals surface area contributed by atoms with Crippen LogP contribution in [-0.4, -0.2) is 36.8 Å². The normalized spacial score (nSPS) is 15.2. The Labute approximate surface area is 134 Å². The zero-order valence-corrected chi connectivity index (χ0v) is 13.8. The molecule has 0 aromatic heterocycles. The van der Waals surface area contributed by atoms with E-state index in [-0.39, 0.29) is 11.3 Å². The molecule has 0 unspecified atom stereocenters. The topological polar surface area (TPSA) is 38.8 Å². The zero-order valence-electron chi connectivity index (χ0n) is 13.8. The maximum atomic E-state index is 14.1. The van der Waals surface area contributed by atoms with E-state index < -0.39 is 23.3 Å². The third-order valence-electron chi connectivity index (χ3n) is 3.42. The molecule has 0 atom stereocenters. The molecule has 4 nitrogen and oxygen atoms in total. The van der Waals surface area contributed by atoms with E-state index in [2.05, 4.69) is 0 Å². The summed E-state index contributed by atoms with van der Waals surface area (Å²) >= 11 is 0. The highest BCUT2D eigenvalue weighted by atomic mass is 19.1. The molecule has 1 aromatic rings. The van der Waals surface area contributed by atoms with Crippen molar-refractivity contribution in [1.82, 2.24) is 4.90 Å². The monoisotopic (exact) mass is 325 g/mol. The first-order valence-corrected chi connectivity index (χ1v) is 7.41. The van der Waals surface area contributed by atoms with Gasteiger partial charge in [-0.05, 0) is 32.8 Å². The first-order chi connectivity index (χ1) is 10.7. The van der Waals surface area contributed by atoms with Gasteiger partial charge in [-0.1, -0.05) is 6.08 Å². The van der Waals surface area contributed by atoms with Crippen LogP contribution in [0.5, 0.6) is 5.75 Å². The summed E-state index contributed by atoms with van der Waals surface area (Å²) in [5, 5.41) is 0. The molecule has 1 heterocycles. The molecular formula is C17H21F2NO3. The summed E-state index contributed by atoms with van der Waals surface area (Å²) in [7, 11) is 1.37. The molecule has 0 radical (unpaired) electrons. The molecule has 1 aromatic carbocycles. The summed E-state index contributed by atoms with van der Waals surface area (Å²) in [6, 6.07) is 1.98. The molecule has 0 aliphatic carbocycles. The van der Waals surface area contributed by atoms with Crippen molar-refractivity contribution in [1.29, 1.82) is 0 Å². The van der Waals surface area contributed by atoms with Crippen molar-refractivity contribution in [2.75, 3.05) is 20.2 Å². The first-order valence-electron chi connectivity index (χ1n) is 7.41. The standard InChI is InChI=1S/C17H21F2NO3/c1-17(2,3)23-16(21)20-7-5-11(6-8-20)15-13(19)9-12(18)10-14(15)22-4/h5,9-10H,6-8H2,1-4H3. The van der Waals surface area contributed by atoms with Crippen LogP contribution >= 0.6 is 0 Å². The highest BCUT2D eigenvalue weighted by molar-refractivity contribution is 5.75. The molecule has 126 valence electrons. The second-order valence-corrected chi connectivity index (χ2v) is 6.37. The third-order valence-corrected chi connectivity index (χ3v) is 3.42. The Morgan fingerprint density at radius 2 is 1.96 bits per heavy atom. The lowest BCUT2D eigenvalue weighted by atomic mass is 9.98. The first kappa shape index (κ1) is 17.2. The lowest BCUT2D eigenvalue weighted by Crippen LogP contribution is -2.39. The Kier molecular flexibility index (Phi) is 4.92. The van der Waals surface area contributed by atoms with E-state index in [4.69, 9.17) is 9.47 Å². The van der Waals surface area contributed by atoms with E-state index in [0.29, 0.717) is 25.1 Å². The van der Waals surface area contributed by atoms with E-state index in [1.165, 1.54) is 7.11 Å². The number of amides is 1. The summed E-state index contributed by atoms with van der Waals surface area (Å²) in [6.45, 7) is 6.11. The molecule has 1 aliphatic heterocycles. The van der Waals surface area contributed by atoms with E-state index >= 15 is 0 Å². The van der Waals surface area contributed by atoms with E-state index in [1.807, 2.05) is 0 Å². The summed E-state index contributed by atoms with van der Waals surface area (Å²) in [5.74, 6) is -1.20. The van der Waals surface area contributed by atoms with Gasteiger partial charge in [0.2, 0.25) is 0 Å². The number of hydrogen-bond donors (Lipinski definition) is 0. The highest BCUT2D eigenvalue weighted by Gasteiger charge is 2.25. The molecule has 1 amide bonds. The van der Waals surface area contributed by atoms with E-state index in [1.54, 1.807) is 31.7 Å². The number of hydrogen-bond acceptors (Lipinski definition) is 3. The van der Waals surface area contributed by atoms with Crippen molar-refractivity contribution in [2.45, 2.75) is 32.8 Å². The fourth-order valence-electron chi connectivity index (χ4n) is 2.41. The number of benzene rings is 1. The predicted molar refractivity (Wildman–Crippen MR) is 83.3 cm³/mol. The number of halogens is 2. The van der Waals surface area contributed by atoms with Gasteiger partial charge in [-0.15, -0.1) is 0 Å². The average Bonchev–Trinajstić information content (AvgIpc) is 2.45. The Hall–Kier alpha value is -2.11. The van der Waals surface area contributed by atoms with Crippen molar-refractivity contribution < 1.29 is 23.0 Å². The number of methoxy groups -OCH3 is 1. The number of carbonyl (C=O) groups excluding carboxylic acids is 1. The van der Waals surface area contributed by atoms with Gasteiger partial charge in [0.05, 0.1) is 12.7 Å². The lowest BCUT2D eigenvalue weighted by molar-refractivity contribution is 0.0270. The lowest BCUT2D eigenvalue weighted by Gasteiger charge is -2.30. The van der Waals surface area contributed by atoms with Crippen LogP contribution in [0.2, 0.25) is 0 Å². The summed E-state index contributed by atoms with van der Waals surface area (Å²) < 4.78 is 37.8. The van der Waals surface area contributed by atoms with Crippen molar-refractivity contribution in [3.8, 4) is 5.75 Å². The van der Waals surface area contributed by atoms with Gasteiger partial charge in [0, 0.05) is 25.2 Å². The maximum absolute atomic E-state index is 14.1. The van der Waals surface area contributed by atoms with Crippen LogP contribution in [0.25, 0.3) is 5.57 Å². The van der Waals surface area contributed by atoms with Crippen LogP contribution in [0.3, 0.4) is 0 Å². The van der Waals surface area contributed by atoms with Crippen LogP contribution < -0.4 is 4.74 Å². The maximum Gasteiger partial charge on any atom is 0.410 e. The van der Waals surface area contributed by atoms with Gasteiger partial charge in [0.25, 0.3) is 0 Å². The van der Waals surface area contributed by atoms with Gasteiger partial charge in [0.1, 0.15) is 23.0 Å². The van der Waals surface area contributed by atoms with Crippen molar-refractivity contribution in [3.63, 3.8) is 0 Å². The summed E-state index contributed by atoms with van der Waals surface area (Å²) in [6.07, 6.45) is 1.78. The molecule has 0 N–H and O–H groups in total. The number of ether oxygens (including phenoxy) is 2. The van der Waals surface area contributed by atoms with Gasteiger partial charge >= 0.3 is 6.09 Å². The van der Waals surface area contributed by atoms with Crippen molar-refractivity contribution in [2.24, 2.45) is 0 Å². The van der Waals surface area contributed by atoms with Crippen LogP contribution in [0.4, 0.5) is 13.6 Å². The van der Waals surface area contributed by atoms with Gasteiger partial charge in [-0.2, -0.15) is 0 Å². The Morgan fingerprint density at radius 3 is 2.48 bits per heavy atom. The number of nitrogens with zero attached hydrogens (tertiary/aromatic N) is 1.